The monoisotopic (exact) mass is 493 g/mol. The molecule has 0 saturated carbocycles. The number of hydrogen-bond acceptors (Lipinski definition) is 5. The van der Waals surface area contributed by atoms with E-state index >= 15 is 0 Å². The average Bonchev–Trinajstić information content (AvgIpc) is 3.58. The number of hydrogen-bond donors (Lipinski definition) is 3. The van der Waals surface area contributed by atoms with Crippen molar-refractivity contribution in [3.8, 4) is 0 Å². The second kappa shape index (κ2) is 11.5. The van der Waals surface area contributed by atoms with Gasteiger partial charge in [0.25, 0.3) is 0 Å². The fourth-order valence-corrected chi connectivity index (χ4v) is 5.21. The Kier molecular flexibility index (Phi) is 7.73. The highest BCUT2D eigenvalue weighted by Crippen LogP contribution is 2.34. The Hall–Kier alpha value is -3.81. The first-order valence-corrected chi connectivity index (χ1v) is 12.7. The molecular weight excluding hydrogens is 458 g/mol. The van der Waals surface area contributed by atoms with E-state index in [4.69, 9.17) is 9.97 Å². The minimum absolute atomic E-state index is 0. The second-order valence-electron chi connectivity index (χ2n) is 9.52. The van der Waals surface area contributed by atoms with E-state index in [-0.39, 0.29) is 13.5 Å². The fourth-order valence-electron chi connectivity index (χ4n) is 5.21. The van der Waals surface area contributed by atoms with Gasteiger partial charge in [-0.15, -0.1) is 0 Å². The molecule has 6 rings (SSSR count). The highest BCUT2D eigenvalue weighted by Gasteiger charge is 2.28. The standard InChI is InChI=1S/C29H31N7.CH4/c1-2-8-25-24(7-1)34-28(35-25)20-36(26-9-3-5-23-6-4-14-33-29(23)26)19-22-12-10-21(11-13-22)17-30-18-27-31-15-16-32-27;/h1-2,4,6-8,10-16,26,30H,3,5,9,17-20H2,(H,31,32)(H,34,35);1H4. The van der Waals surface area contributed by atoms with Gasteiger partial charge in [0.15, 0.2) is 0 Å². The van der Waals surface area contributed by atoms with Gasteiger partial charge in [-0.1, -0.05) is 49.9 Å². The second-order valence-corrected chi connectivity index (χ2v) is 9.52. The maximum atomic E-state index is 4.88. The van der Waals surface area contributed by atoms with Gasteiger partial charge < -0.3 is 15.3 Å². The van der Waals surface area contributed by atoms with Crippen molar-refractivity contribution < 1.29 is 0 Å². The highest BCUT2D eigenvalue weighted by molar-refractivity contribution is 5.74. The van der Waals surface area contributed by atoms with Crippen LogP contribution in [0.4, 0.5) is 0 Å². The Morgan fingerprint density at radius 1 is 0.865 bits per heavy atom. The summed E-state index contributed by atoms with van der Waals surface area (Å²) in [6, 6.07) is 21.7. The summed E-state index contributed by atoms with van der Waals surface area (Å²) >= 11 is 0. The Bertz CT molecular complexity index is 1370. The molecule has 3 N–H and O–H groups in total. The number of fused-ring (bicyclic) bond motifs is 2. The zero-order valence-electron chi connectivity index (χ0n) is 20.3. The Morgan fingerprint density at radius 3 is 2.57 bits per heavy atom. The van der Waals surface area contributed by atoms with Crippen LogP contribution < -0.4 is 5.32 Å². The molecule has 0 amide bonds. The fraction of sp³-hybridized carbons (Fsp3) is 0.300. The maximum Gasteiger partial charge on any atom is 0.121 e. The first-order chi connectivity index (χ1) is 17.8. The van der Waals surface area contributed by atoms with Crippen molar-refractivity contribution in [3.63, 3.8) is 0 Å². The van der Waals surface area contributed by atoms with E-state index in [1.54, 1.807) is 6.20 Å². The van der Waals surface area contributed by atoms with Crippen LogP contribution in [0.5, 0.6) is 0 Å². The minimum atomic E-state index is 0. The minimum Gasteiger partial charge on any atom is -0.348 e. The van der Waals surface area contributed by atoms with E-state index in [9.17, 15) is 0 Å². The Labute approximate surface area is 218 Å². The predicted molar refractivity (Wildman–Crippen MR) is 148 cm³/mol. The van der Waals surface area contributed by atoms with E-state index < -0.39 is 0 Å². The summed E-state index contributed by atoms with van der Waals surface area (Å²) < 4.78 is 0. The molecule has 0 radical (unpaired) electrons. The zero-order chi connectivity index (χ0) is 24.2. The molecule has 0 bridgehead atoms. The molecule has 7 heteroatoms. The van der Waals surface area contributed by atoms with Crippen LogP contribution >= 0.6 is 0 Å². The van der Waals surface area contributed by atoms with Crippen LogP contribution in [0.15, 0.2) is 79.3 Å². The molecule has 7 nitrogen and oxygen atoms in total. The van der Waals surface area contributed by atoms with E-state index in [2.05, 4.69) is 73.7 Å². The van der Waals surface area contributed by atoms with Gasteiger partial charge in [0.05, 0.1) is 35.9 Å². The number of para-hydroxylation sites is 2. The largest absolute Gasteiger partial charge is 0.348 e. The molecule has 3 heterocycles. The quantitative estimate of drug-likeness (QED) is 0.246. The summed E-state index contributed by atoms with van der Waals surface area (Å²) in [5.74, 6) is 1.95. The number of benzene rings is 2. The van der Waals surface area contributed by atoms with Crippen molar-refractivity contribution >= 4 is 11.0 Å². The molecular formula is C30H35N7. The molecule has 1 atom stereocenters. The Morgan fingerprint density at radius 2 is 1.73 bits per heavy atom. The van der Waals surface area contributed by atoms with E-state index in [1.807, 2.05) is 24.5 Å². The van der Waals surface area contributed by atoms with Crippen LogP contribution in [0.25, 0.3) is 11.0 Å². The number of nitrogens with zero attached hydrogens (tertiary/aromatic N) is 4. The molecule has 0 aliphatic heterocycles. The molecule has 0 saturated heterocycles. The van der Waals surface area contributed by atoms with Crippen LogP contribution in [0, 0.1) is 0 Å². The van der Waals surface area contributed by atoms with E-state index in [0.717, 1.165) is 61.7 Å². The molecule has 0 fully saturated rings. The van der Waals surface area contributed by atoms with Crippen LogP contribution in [0.2, 0.25) is 0 Å². The van der Waals surface area contributed by atoms with E-state index in [1.165, 1.54) is 28.8 Å². The number of H-pyrrole nitrogens is 2. The summed E-state index contributed by atoms with van der Waals surface area (Å²) in [4.78, 5) is 23.2. The van der Waals surface area contributed by atoms with Crippen LogP contribution in [0.1, 0.15) is 60.3 Å². The number of aromatic nitrogens is 5. The van der Waals surface area contributed by atoms with Gasteiger partial charge >= 0.3 is 0 Å². The molecule has 1 aliphatic rings. The molecule has 5 aromatic rings. The SMILES string of the molecule is C.c1cnc2c(c1)CCCC2N(Cc1ccc(CNCc2ncc[nH]2)cc1)Cc1nc2ccccc2[nH]1. The summed E-state index contributed by atoms with van der Waals surface area (Å²) in [7, 11) is 0. The normalized spacial score (nSPS) is 15.0. The predicted octanol–water partition coefficient (Wildman–Crippen LogP) is 5.69. The van der Waals surface area contributed by atoms with Gasteiger partial charge in [0.1, 0.15) is 11.6 Å². The van der Waals surface area contributed by atoms with Crippen LogP contribution in [-0.2, 0) is 32.6 Å². The number of rotatable bonds is 9. The maximum absolute atomic E-state index is 4.88. The lowest BCUT2D eigenvalue weighted by molar-refractivity contribution is 0.153. The third-order valence-corrected chi connectivity index (χ3v) is 6.98. The molecule has 190 valence electrons. The molecule has 0 spiro atoms. The topological polar surface area (TPSA) is 85.5 Å². The summed E-state index contributed by atoms with van der Waals surface area (Å²) in [5, 5.41) is 3.45. The molecule has 37 heavy (non-hydrogen) atoms. The number of imidazole rings is 2. The lowest BCUT2D eigenvalue weighted by Crippen LogP contribution is -2.31. The van der Waals surface area contributed by atoms with Crippen molar-refractivity contribution in [1.29, 1.82) is 0 Å². The third-order valence-electron chi connectivity index (χ3n) is 6.98. The highest BCUT2D eigenvalue weighted by atomic mass is 15.2. The van der Waals surface area contributed by atoms with E-state index in [0.29, 0.717) is 0 Å². The lowest BCUT2D eigenvalue weighted by atomic mass is 9.90. The van der Waals surface area contributed by atoms with Crippen LogP contribution in [0.3, 0.4) is 0 Å². The number of aryl methyl sites for hydroxylation is 1. The van der Waals surface area contributed by atoms with Crippen molar-refractivity contribution in [2.75, 3.05) is 0 Å². The van der Waals surface area contributed by atoms with Crippen molar-refractivity contribution in [3.05, 3.63) is 113 Å². The summed E-state index contributed by atoms with van der Waals surface area (Å²) in [6.07, 6.45) is 8.96. The summed E-state index contributed by atoms with van der Waals surface area (Å²) in [5.41, 5.74) is 7.25. The smallest absolute Gasteiger partial charge is 0.121 e. The number of pyridine rings is 1. The lowest BCUT2D eigenvalue weighted by Gasteiger charge is -2.34. The Balaban J connectivity index is 0.00000280. The van der Waals surface area contributed by atoms with Crippen molar-refractivity contribution in [2.45, 2.75) is 58.9 Å². The van der Waals surface area contributed by atoms with Gasteiger partial charge in [-0.05, 0) is 54.2 Å². The molecule has 1 aliphatic carbocycles. The molecule has 2 aromatic carbocycles. The number of nitrogens with one attached hydrogen (secondary N) is 3. The third kappa shape index (κ3) is 5.79. The zero-order valence-corrected chi connectivity index (χ0v) is 20.3. The summed E-state index contributed by atoms with van der Waals surface area (Å²) in [6.45, 7) is 3.14. The first-order valence-electron chi connectivity index (χ1n) is 12.7. The van der Waals surface area contributed by atoms with Gasteiger partial charge in [-0.3, -0.25) is 9.88 Å². The first kappa shape index (κ1) is 24.9. The van der Waals surface area contributed by atoms with Gasteiger partial charge in [0, 0.05) is 31.7 Å². The van der Waals surface area contributed by atoms with Gasteiger partial charge in [-0.2, -0.15) is 0 Å². The number of aromatic amines is 2. The van der Waals surface area contributed by atoms with Crippen molar-refractivity contribution in [2.24, 2.45) is 0 Å². The van der Waals surface area contributed by atoms with Gasteiger partial charge in [0.2, 0.25) is 0 Å². The molecule has 3 aromatic heterocycles. The molecule has 1 unspecified atom stereocenters. The van der Waals surface area contributed by atoms with Gasteiger partial charge in [-0.25, -0.2) is 9.97 Å². The van der Waals surface area contributed by atoms with Crippen molar-refractivity contribution in [1.82, 2.24) is 35.1 Å². The van der Waals surface area contributed by atoms with Crippen LogP contribution in [-0.4, -0.2) is 29.8 Å². The average molecular weight is 494 g/mol.